The van der Waals surface area contributed by atoms with Crippen molar-refractivity contribution in [3.63, 3.8) is 0 Å². The molecule has 0 bridgehead atoms. The van der Waals surface area contributed by atoms with Crippen LogP contribution in [0, 0.1) is 0 Å². The van der Waals surface area contributed by atoms with Crippen molar-refractivity contribution >= 4 is 11.9 Å². The average molecular weight is 213 g/mol. The smallest absolute Gasteiger partial charge is 0.124 e. The number of phenols is 2. The molecule has 0 amide bonds. The monoisotopic (exact) mass is 213 g/mol. The maximum atomic E-state index is 9.50. The Morgan fingerprint density at radius 3 is 2.25 bits per heavy atom. The van der Waals surface area contributed by atoms with Gasteiger partial charge in [-0.05, 0) is 36.4 Å². The summed E-state index contributed by atoms with van der Waals surface area (Å²) in [7, 11) is 0. The van der Waals surface area contributed by atoms with Gasteiger partial charge in [0.05, 0.1) is 5.69 Å². The highest BCUT2D eigenvalue weighted by atomic mass is 16.3. The van der Waals surface area contributed by atoms with E-state index < -0.39 is 0 Å². The molecular formula is C13H11NO2. The zero-order chi connectivity index (χ0) is 11.4. The van der Waals surface area contributed by atoms with Crippen LogP contribution >= 0.6 is 0 Å². The summed E-state index contributed by atoms with van der Waals surface area (Å²) in [5.74, 6) is 0.409. The highest BCUT2D eigenvalue weighted by molar-refractivity contribution is 5.85. The van der Waals surface area contributed by atoms with Gasteiger partial charge in [-0.15, -0.1) is 0 Å². The maximum Gasteiger partial charge on any atom is 0.124 e. The molecule has 2 aromatic carbocycles. The molecule has 2 aromatic rings. The van der Waals surface area contributed by atoms with Gasteiger partial charge in [-0.2, -0.15) is 0 Å². The van der Waals surface area contributed by atoms with E-state index in [1.54, 1.807) is 48.7 Å². The molecule has 0 radical (unpaired) electrons. The van der Waals surface area contributed by atoms with Crippen LogP contribution in [0.1, 0.15) is 5.56 Å². The van der Waals surface area contributed by atoms with Gasteiger partial charge in [0.2, 0.25) is 0 Å². The van der Waals surface area contributed by atoms with Crippen LogP contribution in [0.25, 0.3) is 0 Å². The fraction of sp³-hybridized carbons (Fsp3) is 0. The van der Waals surface area contributed by atoms with Gasteiger partial charge in [-0.1, -0.05) is 12.1 Å². The number of hydrogen-bond acceptors (Lipinski definition) is 3. The number of hydrogen-bond donors (Lipinski definition) is 2. The standard InChI is InChI=1S/C13H11NO2/c15-12-7-5-11(6-8-12)14-9-10-3-1-2-4-13(10)16/h1-9,15-16H. The van der Waals surface area contributed by atoms with Gasteiger partial charge >= 0.3 is 0 Å². The van der Waals surface area contributed by atoms with Crippen molar-refractivity contribution in [1.82, 2.24) is 0 Å². The van der Waals surface area contributed by atoms with Crippen molar-refractivity contribution in [3.8, 4) is 11.5 Å². The Kier molecular flexibility index (Phi) is 2.87. The molecule has 0 unspecified atom stereocenters. The lowest BCUT2D eigenvalue weighted by Crippen LogP contribution is -1.80. The molecule has 3 nitrogen and oxygen atoms in total. The molecule has 0 aliphatic carbocycles. The summed E-state index contributed by atoms with van der Waals surface area (Å²) >= 11 is 0. The molecule has 0 atom stereocenters. The molecule has 16 heavy (non-hydrogen) atoms. The van der Waals surface area contributed by atoms with Crippen LogP contribution in [-0.2, 0) is 0 Å². The van der Waals surface area contributed by atoms with E-state index in [1.807, 2.05) is 6.07 Å². The van der Waals surface area contributed by atoms with E-state index >= 15 is 0 Å². The van der Waals surface area contributed by atoms with Crippen LogP contribution in [0.5, 0.6) is 11.5 Å². The van der Waals surface area contributed by atoms with Crippen molar-refractivity contribution in [3.05, 3.63) is 54.1 Å². The second-order valence-corrected chi connectivity index (χ2v) is 3.33. The van der Waals surface area contributed by atoms with Crippen LogP contribution in [-0.4, -0.2) is 16.4 Å². The second-order valence-electron chi connectivity index (χ2n) is 3.33. The van der Waals surface area contributed by atoms with E-state index in [9.17, 15) is 5.11 Å². The molecule has 80 valence electrons. The van der Waals surface area contributed by atoms with Crippen molar-refractivity contribution in [2.45, 2.75) is 0 Å². The van der Waals surface area contributed by atoms with Gasteiger partial charge in [-0.25, -0.2) is 0 Å². The van der Waals surface area contributed by atoms with Gasteiger partial charge in [0.1, 0.15) is 11.5 Å². The molecule has 0 saturated carbocycles. The Bertz CT molecular complexity index is 504. The van der Waals surface area contributed by atoms with Gasteiger partial charge in [-0.3, -0.25) is 4.99 Å². The highest BCUT2D eigenvalue weighted by Crippen LogP contribution is 2.18. The van der Waals surface area contributed by atoms with Crippen LogP contribution in [0.15, 0.2) is 53.5 Å². The number of rotatable bonds is 2. The Labute approximate surface area is 93.3 Å². The first-order valence-corrected chi connectivity index (χ1v) is 4.87. The minimum absolute atomic E-state index is 0.199. The van der Waals surface area contributed by atoms with E-state index in [4.69, 9.17) is 5.11 Å². The minimum atomic E-state index is 0.199. The van der Waals surface area contributed by atoms with Crippen LogP contribution in [0.2, 0.25) is 0 Å². The van der Waals surface area contributed by atoms with E-state index in [0.29, 0.717) is 5.56 Å². The fourth-order valence-electron chi connectivity index (χ4n) is 1.28. The molecule has 0 aliphatic heterocycles. The van der Waals surface area contributed by atoms with Gasteiger partial charge in [0.25, 0.3) is 0 Å². The lowest BCUT2D eigenvalue weighted by Gasteiger charge is -1.97. The summed E-state index contributed by atoms with van der Waals surface area (Å²) in [6.45, 7) is 0. The lowest BCUT2D eigenvalue weighted by molar-refractivity contribution is 0.474. The molecular weight excluding hydrogens is 202 g/mol. The zero-order valence-corrected chi connectivity index (χ0v) is 8.54. The normalized spacial score (nSPS) is 10.8. The van der Waals surface area contributed by atoms with Gasteiger partial charge in [0.15, 0.2) is 0 Å². The molecule has 0 aromatic heterocycles. The predicted octanol–water partition coefficient (Wildman–Crippen LogP) is 2.85. The number of aromatic hydroxyl groups is 2. The molecule has 0 heterocycles. The Balaban J connectivity index is 2.21. The average Bonchev–Trinajstić information content (AvgIpc) is 2.30. The Hall–Kier alpha value is -2.29. The summed E-state index contributed by atoms with van der Waals surface area (Å²) in [5, 5.41) is 18.6. The SMILES string of the molecule is Oc1ccc(N=Cc2ccccc2O)cc1. The topological polar surface area (TPSA) is 52.8 Å². The number of aliphatic imine (C=N–C) groups is 1. The first kappa shape index (κ1) is 10.2. The molecule has 0 spiro atoms. The zero-order valence-electron chi connectivity index (χ0n) is 8.54. The van der Waals surface area contributed by atoms with Crippen LogP contribution in [0.3, 0.4) is 0 Å². The summed E-state index contributed by atoms with van der Waals surface area (Å²) < 4.78 is 0. The summed E-state index contributed by atoms with van der Waals surface area (Å²) in [5.41, 5.74) is 1.39. The number of benzene rings is 2. The summed E-state index contributed by atoms with van der Waals surface area (Å²) in [6.07, 6.45) is 1.59. The molecule has 0 fully saturated rings. The maximum absolute atomic E-state index is 9.50. The third-order valence-electron chi connectivity index (χ3n) is 2.14. The number of para-hydroxylation sites is 1. The lowest BCUT2D eigenvalue weighted by atomic mass is 10.2. The third kappa shape index (κ3) is 2.39. The predicted molar refractivity (Wildman–Crippen MR) is 63.5 cm³/mol. The van der Waals surface area contributed by atoms with E-state index in [1.165, 1.54) is 0 Å². The van der Waals surface area contributed by atoms with Gasteiger partial charge < -0.3 is 10.2 Å². The van der Waals surface area contributed by atoms with Gasteiger partial charge in [0, 0.05) is 11.8 Å². The summed E-state index contributed by atoms with van der Waals surface area (Å²) in [4.78, 5) is 4.18. The Morgan fingerprint density at radius 1 is 0.875 bits per heavy atom. The largest absolute Gasteiger partial charge is 0.508 e. The van der Waals surface area contributed by atoms with E-state index in [2.05, 4.69) is 4.99 Å². The molecule has 0 saturated heterocycles. The summed E-state index contributed by atoms with van der Waals surface area (Å²) in [6, 6.07) is 13.5. The molecule has 2 rings (SSSR count). The van der Waals surface area contributed by atoms with Crippen molar-refractivity contribution < 1.29 is 10.2 Å². The van der Waals surface area contributed by atoms with Crippen LogP contribution < -0.4 is 0 Å². The number of nitrogens with zero attached hydrogens (tertiary/aromatic N) is 1. The fourth-order valence-corrected chi connectivity index (χ4v) is 1.28. The number of phenolic OH excluding ortho intramolecular Hbond substituents is 2. The highest BCUT2D eigenvalue weighted by Gasteiger charge is 1.95. The van der Waals surface area contributed by atoms with Crippen molar-refractivity contribution in [2.24, 2.45) is 4.99 Å². The van der Waals surface area contributed by atoms with Crippen molar-refractivity contribution in [1.29, 1.82) is 0 Å². The third-order valence-corrected chi connectivity index (χ3v) is 2.14. The minimum Gasteiger partial charge on any atom is -0.508 e. The van der Waals surface area contributed by atoms with Crippen molar-refractivity contribution in [2.75, 3.05) is 0 Å². The van der Waals surface area contributed by atoms with E-state index in [-0.39, 0.29) is 11.5 Å². The Morgan fingerprint density at radius 2 is 1.56 bits per heavy atom. The molecule has 3 heteroatoms. The molecule has 0 aliphatic rings. The first-order valence-electron chi connectivity index (χ1n) is 4.87. The second kappa shape index (κ2) is 4.49. The quantitative estimate of drug-likeness (QED) is 0.753. The first-order chi connectivity index (χ1) is 7.75. The van der Waals surface area contributed by atoms with E-state index in [0.717, 1.165) is 5.69 Å². The molecule has 2 N–H and O–H groups in total. The van der Waals surface area contributed by atoms with Crippen LogP contribution in [0.4, 0.5) is 5.69 Å².